The summed E-state index contributed by atoms with van der Waals surface area (Å²) >= 11 is 4.21. The van der Waals surface area contributed by atoms with Gasteiger partial charge in [0.2, 0.25) is 0 Å². The van der Waals surface area contributed by atoms with E-state index >= 15 is 0 Å². The van der Waals surface area contributed by atoms with E-state index in [1.807, 2.05) is 24.3 Å². The number of fused-ring (bicyclic) bond motifs is 1. The van der Waals surface area contributed by atoms with Crippen molar-refractivity contribution in [1.82, 2.24) is 0 Å². The highest BCUT2D eigenvalue weighted by Gasteiger charge is 2.06. The van der Waals surface area contributed by atoms with Gasteiger partial charge in [-0.15, -0.1) is 17.5 Å². The zero-order valence-corrected chi connectivity index (χ0v) is 9.87. The summed E-state index contributed by atoms with van der Waals surface area (Å²) in [4.78, 5) is 11.4. The van der Waals surface area contributed by atoms with Gasteiger partial charge >= 0.3 is 0 Å². The molecule has 2 rings (SSSR count). The van der Waals surface area contributed by atoms with E-state index in [2.05, 4.69) is 29.6 Å². The van der Waals surface area contributed by atoms with Crippen LogP contribution in [0.15, 0.2) is 40.4 Å². The van der Waals surface area contributed by atoms with E-state index in [1.54, 1.807) is 6.07 Å². The van der Waals surface area contributed by atoms with Crippen LogP contribution in [-0.4, -0.2) is 6.54 Å². The van der Waals surface area contributed by atoms with Gasteiger partial charge in [0.1, 0.15) is 5.69 Å². The fourth-order valence-electron chi connectivity index (χ4n) is 1.62. The van der Waals surface area contributed by atoms with Gasteiger partial charge in [0.25, 0.3) is 0 Å². The Bertz CT molecular complexity index is 641. The van der Waals surface area contributed by atoms with Crippen molar-refractivity contribution >= 4 is 29.1 Å². The number of nitrogens with two attached hydrogens (primary N) is 1. The van der Waals surface area contributed by atoms with Crippen LogP contribution < -0.4 is 5.73 Å². The average molecular weight is 242 g/mol. The van der Waals surface area contributed by atoms with Gasteiger partial charge in [-0.2, -0.15) is 0 Å². The second-order valence-corrected chi connectivity index (χ2v) is 3.95. The lowest BCUT2D eigenvalue weighted by molar-refractivity contribution is 1.30. The summed E-state index contributed by atoms with van der Waals surface area (Å²) in [7, 11) is 0. The molecule has 4 heteroatoms. The molecular weight excluding hydrogens is 232 g/mol. The van der Waals surface area contributed by atoms with Crippen molar-refractivity contribution < 1.29 is 0 Å². The Kier molecular flexibility index (Phi) is 3.43. The zero-order valence-electron chi connectivity index (χ0n) is 8.97. The van der Waals surface area contributed by atoms with Crippen LogP contribution >= 0.6 is 12.6 Å². The molecule has 0 aliphatic heterocycles. The monoisotopic (exact) mass is 242 g/mol. The fraction of sp³-hybridized carbons (Fsp3) is 0.0769. The minimum atomic E-state index is 0.309. The highest BCUT2D eigenvalue weighted by molar-refractivity contribution is 7.80. The van der Waals surface area contributed by atoms with E-state index in [0.29, 0.717) is 17.1 Å². The quantitative estimate of drug-likeness (QED) is 0.459. The van der Waals surface area contributed by atoms with E-state index in [4.69, 9.17) is 5.73 Å². The maximum absolute atomic E-state index is 10.8. The molecule has 3 nitrogen and oxygen atoms in total. The second kappa shape index (κ2) is 5.00. The first-order chi connectivity index (χ1) is 8.26. The molecule has 0 atom stereocenters. The number of nitrogens with zero attached hydrogens (tertiary/aromatic N) is 1. The minimum Gasteiger partial charge on any atom is -0.320 e. The van der Waals surface area contributed by atoms with Crippen molar-refractivity contribution in [3.05, 3.63) is 40.8 Å². The van der Waals surface area contributed by atoms with Crippen molar-refractivity contribution in [2.24, 2.45) is 10.9 Å². The summed E-state index contributed by atoms with van der Waals surface area (Å²) in [6, 6.07) is 9.27. The van der Waals surface area contributed by atoms with Gasteiger partial charge in [0.05, 0.1) is 6.54 Å². The molecule has 2 aromatic carbocycles. The average Bonchev–Trinajstić information content (AvgIpc) is 2.36. The van der Waals surface area contributed by atoms with Gasteiger partial charge in [-0.25, -0.2) is 0 Å². The van der Waals surface area contributed by atoms with E-state index in [-0.39, 0.29) is 0 Å². The zero-order chi connectivity index (χ0) is 12.3. The molecule has 0 aromatic heterocycles. The normalized spacial score (nSPS) is 9.76. The van der Waals surface area contributed by atoms with Gasteiger partial charge in [-0.3, -0.25) is 0 Å². The highest BCUT2D eigenvalue weighted by Crippen LogP contribution is 2.32. The number of hydrogen-bond donors (Lipinski definition) is 2. The molecule has 2 aromatic rings. The predicted octanol–water partition coefficient (Wildman–Crippen LogP) is 2.84. The third-order valence-electron chi connectivity index (χ3n) is 2.40. The molecule has 0 saturated carbocycles. The first-order valence-corrected chi connectivity index (χ1v) is 5.49. The van der Waals surface area contributed by atoms with Crippen LogP contribution in [0.1, 0.15) is 5.56 Å². The van der Waals surface area contributed by atoms with E-state index in [0.717, 1.165) is 16.3 Å². The molecule has 0 aliphatic carbocycles. The Morgan fingerprint density at radius 3 is 2.76 bits per heavy atom. The number of rotatable bonds is 1. The van der Waals surface area contributed by atoms with Crippen LogP contribution in [0.25, 0.3) is 10.8 Å². The van der Waals surface area contributed by atoms with Gasteiger partial charge in [-0.1, -0.05) is 24.0 Å². The molecule has 0 saturated heterocycles. The Morgan fingerprint density at radius 2 is 2.06 bits per heavy atom. The molecule has 0 spiro atoms. The minimum absolute atomic E-state index is 0.309. The van der Waals surface area contributed by atoms with Crippen LogP contribution in [0.3, 0.4) is 0 Å². The number of benzene rings is 2. The Morgan fingerprint density at radius 1 is 1.29 bits per heavy atom. The fourth-order valence-corrected chi connectivity index (χ4v) is 1.85. The lowest BCUT2D eigenvalue weighted by Gasteiger charge is -2.03. The summed E-state index contributed by atoms with van der Waals surface area (Å²) in [5, 5.41) is 4.72. The molecule has 0 heterocycles. The van der Waals surface area contributed by atoms with Crippen molar-refractivity contribution in [2.45, 2.75) is 4.90 Å². The molecule has 17 heavy (non-hydrogen) atoms. The Labute approximate surface area is 104 Å². The first-order valence-electron chi connectivity index (χ1n) is 5.04. The van der Waals surface area contributed by atoms with Gasteiger partial charge in [0.15, 0.2) is 0 Å². The molecule has 0 amide bonds. The lowest BCUT2D eigenvalue weighted by atomic mass is 10.1. The molecule has 0 aliphatic rings. The van der Waals surface area contributed by atoms with Crippen molar-refractivity contribution in [2.75, 3.05) is 6.54 Å². The predicted molar refractivity (Wildman–Crippen MR) is 72.6 cm³/mol. The van der Waals surface area contributed by atoms with Crippen LogP contribution in [0, 0.1) is 16.7 Å². The summed E-state index contributed by atoms with van der Waals surface area (Å²) in [6.45, 7) is 0.309. The summed E-state index contributed by atoms with van der Waals surface area (Å²) in [6.07, 6.45) is 0. The molecule has 0 radical (unpaired) electrons. The number of thiol groups is 1. The van der Waals surface area contributed by atoms with Gasteiger partial charge in [-0.05, 0) is 28.8 Å². The Hall–Kier alpha value is -1.83. The van der Waals surface area contributed by atoms with Crippen LogP contribution in [0.2, 0.25) is 0 Å². The van der Waals surface area contributed by atoms with Crippen LogP contribution in [-0.2, 0) is 0 Å². The van der Waals surface area contributed by atoms with Crippen LogP contribution in [0.4, 0.5) is 5.69 Å². The highest BCUT2D eigenvalue weighted by atomic mass is 32.1. The van der Waals surface area contributed by atoms with E-state index in [1.165, 1.54) is 0 Å². The number of hydrogen-bond acceptors (Lipinski definition) is 4. The van der Waals surface area contributed by atoms with Crippen molar-refractivity contribution in [3.63, 3.8) is 0 Å². The van der Waals surface area contributed by atoms with Gasteiger partial charge in [0, 0.05) is 15.8 Å². The SMILES string of the molecule is NCC#Cc1ccc2ccc(S)c(N=O)c2c1. The second-order valence-electron chi connectivity index (χ2n) is 3.47. The topological polar surface area (TPSA) is 55.4 Å². The Balaban J connectivity index is 2.69. The standard InChI is InChI=1S/C13H10N2OS/c14-7-1-2-9-3-4-10-5-6-12(17)13(15-16)11(10)8-9/h3-6,8,17H,7,14H2. The molecule has 0 fully saturated rings. The maximum atomic E-state index is 10.8. The summed E-state index contributed by atoms with van der Waals surface area (Å²) in [5.41, 5.74) is 6.48. The number of nitroso groups, excluding NO2 is 1. The van der Waals surface area contributed by atoms with Crippen LogP contribution in [0.5, 0.6) is 0 Å². The molecule has 84 valence electrons. The lowest BCUT2D eigenvalue weighted by Crippen LogP contribution is -1.93. The largest absolute Gasteiger partial charge is 0.320 e. The maximum Gasteiger partial charge on any atom is 0.129 e. The third kappa shape index (κ3) is 2.31. The van der Waals surface area contributed by atoms with Crippen molar-refractivity contribution in [1.29, 1.82) is 0 Å². The summed E-state index contributed by atoms with van der Waals surface area (Å²) < 4.78 is 0. The smallest absolute Gasteiger partial charge is 0.129 e. The molecule has 2 N–H and O–H groups in total. The van der Waals surface area contributed by atoms with E-state index < -0.39 is 0 Å². The third-order valence-corrected chi connectivity index (χ3v) is 2.76. The molecule has 0 bridgehead atoms. The molecular formula is C13H10N2OS. The van der Waals surface area contributed by atoms with Gasteiger partial charge < -0.3 is 5.73 Å². The summed E-state index contributed by atoms with van der Waals surface area (Å²) in [5.74, 6) is 5.69. The van der Waals surface area contributed by atoms with Crippen molar-refractivity contribution in [3.8, 4) is 11.8 Å². The van der Waals surface area contributed by atoms with E-state index in [9.17, 15) is 4.91 Å². The first kappa shape index (κ1) is 11.6. The molecule has 0 unspecified atom stereocenters.